The fourth-order valence-corrected chi connectivity index (χ4v) is 5.19. The Morgan fingerprint density at radius 1 is 1.09 bits per heavy atom. The second-order valence-electron chi connectivity index (χ2n) is 10.2. The summed E-state index contributed by atoms with van der Waals surface area (Å²) >= 11 is 6.38. The monoisotopic (exact) mass is 479 g/mol. The average molecular weight is 480 g/mol. The van der Waals surface area contributed by atoms with Gasteiger partial charge >= 0.3 is 6.09 Å². The predicted molar refractivity (Wildman–Crippen MR) is 134 cm³/mol. The zero-order valence-corrected chi connectivity index (χ0v) is 20.7. The first-order valence-corrected chi connectivity index (χ1v) is 12.3. The van der Waals surface area contributed by atoms with Crippen LogP contribution >= 0.6 is 11.6 Å². The van der Waals surface area contributed by atoms with Crippen molar-refractivity contribution in [1.82, 2.24) is 14.8 Å². The van der Waals surface area contributed by atoms with E-state index in [-0.39, 0.29) is 5.91 Å². The fraction of sp³-hybridized carbons (Fsp3) is 0.407. The third-order valence-electron chi connectivity index (χ3n) is 6.48. The number of hydrogen-bond donors (Lipinski definition) is 1. The molecule has 0 spiro atoms. The zero-order valence-electron chi connectivity index (χ0n) is 19.9. The molecule has 5 rings (SSSR count). The van der Waals surface area contributed by atoms with Crippen molar-refractivity contribution < 1.29 is 14.3 Å². The van der Waals surface area contributed by atoms with Gasteiger partial charge in [0.05, 0.1) is 16.8 Å². The molecule has 1 saturated heterocycles. The topological polar surface area (TPSA) is 63.6 Å². The van der Waals surface area contributed by atoms with Crippen LogP contribution in [0.15, 0.2) is 36.4 Å². The smallest absolute Gasteiger partial charge is 0.419 e. The van der Waals surface area contributed by atoms with Gasteiger partial charge in [0.2, 0.25) is 0 Å². The van der Waals surface area contributed by atoms with Gasteiger partial charge < -0.3 is 10.1 Å². The van der Waals surface area contributed by atoms with Gasteiger partial charge in [0.25, 0.3) is 5.91 Å². The number of rotatable bonds is 3. The first kappa shape index (κ1) is 22.9. The summed E-state index contributed by atoms with van der Waals surface area (Å²) < 4.78 is 7.35. The molecular weight excluding hydrogens is 450 g/mol. The lowest BCUT2D eigenvalue weighted by atomic mass is 10.00. The zero-order chi connectivity index (χ0) is 24.0. The molecule has 1 fully saturated rings. The highest BCUT2D eigenvalue weighted by atomic mass is 35.5. The Bertz CT molecular complexity index is 1280. The molecule has 0 bridgehead atoms. The van der Waals surface area contributed by atoms with Gasteiger partial charge in [-0.1, -0.05) is 30.2 Å². The summed E-state index contributed by atoms with van der Waals surface area (Å²) in [5.74, 6) is -0.181. The molecular formula is C27H30ClN3O3. The summed E-state index contributed by atoms with van der Waals surface area (Å²) in [5.41, 5.74) is 3.90. The number of piperidine rings is 1. The second kappa shape index (κ2) is 8.75. The number of nitrogens with one attached hydrogen (secondary N) is 1. The van der Waals surface area contributed by atoms with Gasteiger partial charge in [-0.15, -0.1) is 0 Å². The lowest BCUT2D eigenvalue weighted by Crippen LogP contribution is -2.29. The van der Waals surface area contributed by atoms with Crippen molar-refractivity contribution in [3.63, 3.8) is 0 Å². The maximum atomic E-state index is 13.4. The van der Waals surface area contributed by atoms with Gasteiger partial charge in [-0.3, -0.25) is 9.69 Å². The standard InChI is InChI=1S/C27H30ClN3O3/c1-27(2,3)34-26(33)31-22-10-7-17(16-30-11-5-4-6-12-30)13-18(22)14-23(31)19-8-9-21(28)20-15-29-25(32)24(19)20/h7-10,13-14H,4-6,11-12,15-16H2,1-3H3,(H,29,32). The van der Waals surface area contributed by atoms with Gasteiger partial charge in [0.15, 0.2) is 0 Å². The van der Waals surface area contributed by atoms with Crippen LogP contribution in [-0.2, 0) is 17.8 Å². The maximum absolute atomic E-state index is 13.4. The van der Waals surface area contributed by atoms with Crippen LogP contribution in [0.5, 0.6) is 0 Å². The molecule has 1 amide bonds. The number of carbonyl (C=O) groups excluding carboxylic acids is 2. The Balaban J connectivity index is 1.64. The Kier molecular flexibility index (Phi) is 5.90. The normalized spacial score (nSPS) is 16.5. The molecule has 1 N–H and O–H groups in total. The summed E-state index contributed by atoms with van der Waals surface area (Å²) in [6.45, 7) is 9.05. The van der Waals surface area contributed by atoms with E-state index in [0.717, 1.165) is 36.1 Å². The molecule has 0 saturated carbocycles. The Morgan fingerprint density at radius 3 is 2.59 bits per heavy atom. The first-order chi connectivity index (χ1) is 16.2. The summed E-state index contributed by atoms with van der Waals surface area (Å²) in [6.07, 6.45) is 3.32. The van der Waals surface area contributed by atoms with Crippen molar-refractivity contribution in [3.8, 4) is 11.3 Å². The summed E-state index contributed by atoms with van der Waals surface area (Å²) in [4.78, 5) is 28.6. The molecule has 0 aliphatic carbocycles. The minimum Gasteiger partial charge on any atom is -0.443 e. The van der Waals surface area contributed by atoms with Gasteiger partial charge in [0, 0.05) is 34.6 Å². The molecule has 3 heterocycles. The highest BCUT2D eigenvalue weighted by Gasteiger charge is 2.30. The number of amides is 1. The molecule has 0 radical (unpaired) electrons. The molecule has 2 aromatic carbocycles. The van der Waals surface area contributed by atoms with Crippen LogP contribution in [0.25, 0.3) is 22.2 Å². The van der Waals surface area contributed by atoms with E-state index in [2.05, 4.69) is 22.3 Å². The number of likely N-dealkylation sites (tertiary alicyclic amines) is 1. The fourth-order valence-electron chi connectivity index (χ4n) is 4.97. The molecule has 2 aliphatic rings. The minimum absolute atomic E-state index is 0.181. The molecule has 178 valence electrons. The first-order valence-electron chi connectivity index (χ1n) is 11.9. The third kappa shape index (κ3) is 4.32. The van der Waals surface area contributed by atoms with Crippen LogP contribution in [0.4, 0.5) is 4.79 Å². The van der Waals surface area contributed by atoms with Crippen molar-refractivity contribution in [2.45, 2.75) is 58.7 Å². The largest absolute Gasteiger partial charge is 0.443 e. The number of nitrogens with zero attached hydrogens (tertiary/aromatic N) is 2. The molecule has 0 atom stereocenters. The van der Waals surface area contributed by atoms with Gasteiger partial charge in [-0.2, -0.15) is 0 Å². The van der Waals surface area contributed by atoms with Crippen molar-refractivity contribution in [3.05, 3.63) is 58.1 Å². The Morgan fingerprint density at radius 2 is 1.85 bits per heavy atom. The van der Waals surface area contributed by atoms with Crippen LogP contribution in [0.3, 0.4) is 0 Å². The van der Waals surface area contributed by atoms with E-state index < -0.39 is 11.7 Å². The van der Waals surface area contributed by atoms with E-state index in [0.29, 0.717) is 28.4 Å². The van der Waals surface area contributed by atoms with Crippen LogP contribution < -0.4 is 5.32 Å². The van der Waals surface area contributed by atoms with Gasteiger partial charge in [-0.25, -0.2) is 9.36 Å². The summed E-state index contributed by atoms with van der Waals surface area (Å²) in [5, 5.41) is 4.34. The number of halogens is 1. The van der Waals surface area contributed by atoms with E-state index in [9.17, 15) is 9.59 Å². The Labute approximate surface area is 204 Å². The summed E-state index contributed by atoms with van der Waals surface area (Å²) in [7, 11) is 0. The Hall–Kier alpha value is -2.83. The van der Waals surface area contributed by atoms with Gasteiger partial charge in [0.1, 0.15) is 5.60 Å². The van der Waals surface area contributed by atoms with Crippen molar-refractivity contribution in [1.29, 1.82) is 0 Å². The lowest BCUT2D eigenvalue weighted by molar-refractivity contribution is 0.0547. The SMILES string of the molecule is CC(C)(C)OC(=O)n1c(-c2ccc(Cl)c3c2C(=O)NC3)cc2cc(CN3CCCCC3)ccc21. The second-order valence-corrected chi connectivity index (χ2v) is 10.6. The minimum atomic E-state index is -0.654. The van der Waals surface area contributed by atoms with Crippen molar-refractivity contribution in [2.75, 3.05) is 13.1 Å². The highest BCUT2D eigenvalue weighted by molar-refractivity contribution is 6.32. The number of hydrogen-bond acceptors (Lipinski definition) is 4. The highest BCUT2D eigenvalue weighted by Crippen LogP contribution is 2.37. The van der Waals surface area contributed by atoms with Crippen molar-refractivity contribution >= 4 is 34.5 Å². The molecule has 3 aromatic rings. The number of carbonyl (C=O) groups is 2. The average Bonchev–Trinajstić information content (AvgIpc) is 3.35. The molecule has 0 unspecified atom stereocenters. The van der Waals surface area contributed by atoms with Crippen LogP contribution in [-0.4, -0.2) is 40.2 Å². The van der Waals surface area contributed by atoms with Gasteiger partial charge in [-0.05, 0) is 76.5 Å². The predicted octanol–water partition coefficient (Wildman–Crippen LogP) is 5.97. The van der Waals surface area contributed by atoms with Crippen LogP contribution in [0.2, 0.25) is 5.02 Å². The summed E-state index contributed by atoms with van der Waals surface area (Å²) in [6, 6.07) is 11.8. The molecule has 2 aliphatic heterocycles. The third-order valence-corrected chi connectivity index (χ3v) is 6.84. The molecule has 6 nitrogen and oxygen atoms in total. The van der Waals surface area contributed by atoms with E-state index in [1.807, 2.05) is 39.0 Å². The van der Waals surface area contributed by atoms with E-state index >= 15 is 0 Å². The maximum Gasteiger partial charge on any atom is 0.419 e. The number of aromatic nitrogens is 1. The number of fused-ring (bicyclic) bond motifs is 2. The molecule has 1 aromatic heterocycles. The molecule has 7 heteroatoms. The van der Waals surface area contributed by atoms with Crippen molar-refractivity contribution in [2.24, 2.45) is 0 Å². The van der Waals surface area contributed by atoms with E-state index in [1.54, 1.807) is 10.6 Å². The van der Waals surface area contributed by atoms with Crippen LogP contribution in [0, 0.1) is 0 Å². The lowest BCUT2D eigenvalue weighted by Gasteiger charge is -2.26. The van der Waals surface area contributed by atoms with E-state index in [1.165, 1.54) is 24.8 Å². The molecule has 34 heavy (non-hydrogen) atoms. The van der Waals surface area contributed by atoms with E-state index in [4.69, 9.17) is 16.3 Å². The number of benzene rings is 2. The van der Waals surface area contributed by atoms with Crippen LogP contribution in [0.1, 0.15) is 61.5 Å². The number of ether oxygens (including phenoxy) is 1. The quantitative estimate of drug-likeness (QED) is 0.502.